The van der Waals surface area contributed by atoms with Gasteiger partial charge in [-0.1, -0.05) is 62.4 Å². The minimum Gasteiger partial charge on any atom is -0.480 e. The van der Waals surface area contributed by atoms with Crippen LogP contribution in [0, 0.1) is 5.92 Å². The second-order valence-electron chi connectivity index (χ2n) is 8.95. The number of carboxylic acids is 1. The highest BCUT2D eigenvalue weighted by atomic mass is 16.5. The molecule has 34 heavy (non-hydrogen) atoms. The van der Waals surface area contributed by atoms with Crippen molar-refractivity contribution in [1.29, 1.82) is 0 Å². The molecule has 0 saturated carbocycles. The highest BCUT2D eigenvalue weighted by Crippen LogP contribution is 2.44. The number of carboxylic acid groups (broad SMARTS) is 1. The summed E-state index contributed by atoms with van der Waals surface area (Å²) in [5.41, 5.74) is 6.62. The van der Waals surface area contributed by atoms with E-state index in [4.69, 9.17) is 4.74 Å². The van der Waals surface area contributed by atoms with Gasteiger partial charge in [0.25, 0.3) is 5.91 Å². The van der Waals surface area contributed by atoms with E-state index in [2.05, 4.69) is 10.7 Å². The monoisotopic (exact) mass is 465 g/mol. The molecule has 4 rings (SSSR count). The highest BCUT2D eigenvalue weighted by Gasteiger charge is 2.42. The summed E-state index contributed by atoms with van der Waals surface area (Å²) in [5.74, 6) is -2.67. The molecule has 1 unspecified atom stereocenters. The molecule has 2 aromatic carbocycles. The highest BCUT2D eigenvalue weighted by molar-refractivity contribution is 5.96. The summed E-state index contributed by atoms with van der Waals surface area (Å²) in [6.45, 7) is 3.83. The molecular formula is C25H27N3O6. The van der Waals surface area contributed by atoms with Gasteiger partial charge in [-0.15, -0.1) is 0 Å². The number of hydrogen-bond acceptors (Lipinski definition) is 5. The summed E-state index contributed by atoms with van der Waals surface area (Å²) < 4.78 is 5.54. The number of carbonyl (C=O) groups excluding carboxylic acids is 3. The van der Waals surface area contributed by atoms with Crippen LogP contribution in [-0.2, 0) is 19.1 Å². The first kappa shape index (κ1) is 23.3. The summed E-state index contributed by atoms with van der Waals surface area (Å²) in [6.07, 6.45) is -0.861. The van der Waals surface area contributed by atoms with Crippen LogP contribution in [0.1, 0.15) is 43.7 Å². The Morgan fingerprint density at radius 3 is 2.24 bits per heavy atom. The fourth-order valence-corrected chi connectivity index (χ4v) is 4.57. The molecule has 3 N–H and O–H groups in total. The summed E-state index contributed by atoms with van der Waals surface area (Å²) >= 11 is 0. The lowest BCUT2D eigenvalue weighted by molar-refractivity contribution is -0.151. The van der Waals surface area contributed by atoms with Crippen molar-refractivity contribution in [3.63, 3.8) is 0 Å². The van der Waals surface area contributed by atoms with Gasteiger partial charge in [0.15, 0.2) is 6.04 Å². The van der Waals surface area contributed by atoms with Gasteiger partial charge < -0.3 is 15.2 Å². The molecule has 2 aliphatic rings. The smallest absolute Gasteiger partial charge is 0.407 e. The number of fused-ring (bicyclic) bond motifs is 3. The van der Waals surface area contributed by atoms with Crippen molar-refractivity contribution in [1.82, 2.24) is 15.8 Å². The summed E-state index contributed by atoms with van der Waals surface area (Å²) in [6, 6.07) is 13.5. The van der Waals surface area contributed by atoms with E-state index in [0.29, 0.717) is 0 Å². The molecule has 9 heteroatoms. The Hall–Kier alpha value is -3.88. The third kappa shape index (κ3) is 4.59. The quantitative estimate of drug-likeness (QED) is 0.577. The normalized spacial score (nSPS) is 17.7. The van der Waals surface area contributed by atoms with Crippen LogP contribution in [0.25, 0.3) is 11.1 Å². The Morgan fingerprint density at radius 2 is 1.68 bits per heavy atom. The number of hydrogen-bond donors (Lipinski definition) is 3. The molecule has 2 aromatic rings. The van der Waals surface area contributed by atoms with Gasteiger partial charge in [0.05, 0.1) is 6.42 Å². The fraction of sp³-hybridized carbons (Fsp3) is 0.360. The van der Waals surface area contributed by atoms with Crippen LogP contribution in [0.5, 0.6) is 0 Å². The molecule has 1 heterocycles. The number of aliphatic carboxylic acids is 1. The number of alkyl carbamates (subject to hydrolysis) is 1. The van der Waals surface area contributed by atoms with Crippen molar-refractivity contribution in [2.24, 2.45) is 5.92 Å². The zero-order valence-electron chi connectivity index (χ0n) is 19.0. The molecule has 0 radical (unpaired) electrons. The standard InChI is InChI=1S/C25H27N3O6/c1-14(2)11-20(23(30)28-21(24(31)32)12-22(29)27-28)26-25(33)34-13-19-17-9-5-3-7-15(17)16-8-4-6-10-18(16)19/h3-10,14,19-21H,11-13H2,1-2H3,(H,26,33)(H,27,29)(H,31,32)/t20-,21?/m1/s1. The van der Waals surface area contributed by atoms with Crippen LogP contribution in [0.4, 0.5) is 4.79 Å². The Labute approximate surface area is 197 Å². The zero-order chi connectivity index (χ0) is 24.4. The molecule has 1 aliphatic heterocycles. The Kier molecular flexibility index (Phi) is 6.54. The summed E-state index contributed by atoms with van der Waals surface area (Å²) in [7, 11) is 0. The number of nitrogens with zero attached hydrogens (tertiary/aromatic N) is 1. The third-order valence-corrected chi connectivity index (χ3v) is 6.10. The van der Waals surface area contributed by atoms with Gasteiger partial charge in [0.1, 0.15) is 12.6 Å². The lowest BCUT2D eigenvalue weighted by atomic mass is 9.98. The van der Waals surface area contributed by atoms with E-state index in [-0.39, 0.29) is 31.3 Å². The van der Waals surface area contributed by atoms with Gasteiger partial charge in [0, 0.05) is 5.92 Å². The van der Waals surface area contributed by atoms with Gasteiger partial charge in [-0.2, -0.15) is 0 Å². The van der Waals surface area contributed by atoms with Crippen molar-refractivity contribution in [3.05, 3.63) is 59.7 Å². The van der Waals surface area contributed by atoms with Crippen molar-refractivity contribution in [2.75, 3.05) is 6.61 Å². The molecule has 2 atom stereocenters. The second kappa shape index (κ2) is 9.54. The number of benzene rings is 2. The minimum absolute atomic E-state index is 0.0180. The van der Waals surface area contributed by atoms with Crippen LogP contribution >= 0.6 is 0 Å². The van der Waals surface area contributed by atoms with Gasteiger partial charge in [-0.3, -0.25) is 15.0 Å². The number of nitrogens with one attached hydrogen (secondary N) is 2. The van der Waals surface area contributed by atoms with E-state index >= 15 is 0 Å². The van der Waals surface area contributed by atoms with Crippen LogP contribution < -0.4 is 10.7 Å². The molecule has 1 fully saturated rings. The first-order valence-electron chi connectivity index (χ1n) is 11.2. The lowest BCUT2D eigenvalue weighted by Crippen LogP contribution is -2.55. The maximum atomic E-state index is 13.0. The summed E-state index contributed by atoms with van der Waals surface area (Å²) in [4.78, 5) is 48.9. The van der Waals surface area contributed by atoms with E-state index < -0.39 is 36.0 Å². The van der Waals surface area contributed by atoms with Gasteiger partial charge in [-0.25, -0.2) is 14.6 Å². The maximum Gasteiger partial charge on any atom is 0.407 e. The van der Waals surface area contributed by atoms with Gasteiger partial charge in [0.2, 0.25) is 5.91 Å². The maximum absolute atomic E-state index is 13.0. The fourth-order valence-electron chi connectivity index (χ4n) is 4.57. The number of rotatable bonds is 7. The Balaban J connectivity index is 1.46. The zero-order valence-corrected chi connectivity index (χ0v) is 19.0. The molecule has 9 nitrogen and oxygen atoms in total. The predicted molar refractivity (Wildman–Crippen MR) is 122 cm³/mol. The van der Waals surface area contributed by atoms with Crippen LogP contribution in [0.15, 0.2) is 48.5 Å². The third-order valence-electron chi connectivity index (χ3n) is 6.10. The Bertz CT molecular complexity index is 1090. The second-order valence-corrected chi connectivity index (χ2v) is 8.95. The topological polar surface area (TPSA) is 125 Å². The number of amides is 3. The molecule has 1 aliphatic carbocycles. The van der Waals surface area contributed by atoms with Gasteiger partial charge in [-0.05, 0) is 34.6 Å². The molecule has 178 valence electrons. The van der Waals surface area contributed by atoms with E-state index in [1.165, 1.54) is 0 Å². The number of carbonyl (C=O) groups is 4. The largest absolute Gasteiger partial charge is 0.480 e. The molecule has 0 aromatic heterocycles. The number of hydrazine groups is 1. The van der Waals surface area contributed by atoms with E-state index in [0.717, 1.165) is 27.3 Å². The molecule has 3 amide bonds. The van der Waals surface area contributed by atoms with E-state index in [9.17, 15) is 24.3 Å². The lowest BCUT2D eigenvalue weighted by Gasteiger charge is -2.27. The first-order valence-corrected chi connectivity index (χ1v) is 11.2. The molecular weight excluding hydrogens is 438 g/mol. The first-order chi connectivity index (χ1) is 16.3. The van der Waals surface area contributed by atoms with Crippen molar-refractivity contribution in [2.45, 2.75) is 44.7 Å². The van der Waals surface area contributed by atoms with E-state index in [1.54, 1.807) is 0 Å². The van der Waals surface area contributed by atoms with Crippen molar-refractivity contribution >= 4 is 23.9 Å². The molecule has 1 saturated heterocycles. The molecule has 0 spiro atoms. The minimum atomic E-state index is -1.32. The van der Waals surface area contributed by atoms with Crippen LogP contribution in [0.2, 0.25) is 0 Å². The average Bonchev–Trinajstić information content (AvgIpc) is 3.35. The van der Waals surface area contributed by atoms with Crippen molar-refractivity contribution < 1.29 is 29.0 Å². The number of ether oxygens (including phenoxy) is 1. The van der Waals surface area contributed by atoms with Gasteiger partial charge >= 0.3 is 12.1 Å². The predicted octanol–water partition coefficient (Wildman–Crippen LogP) is 2.66. The van der Waals surface area contributed by atoms with Crippen molar-refractivity contribution in [3.8, 4) is 11.1 Å². The summed E-state index contributed by atoms with van der Waals surface area (Å²) in [5, 5.41) is 12.7. The van der Waals surface area contributed by atoms with Crippen LogP contribution in [-0.4, -0.2) is 52.7 Å². The Morgan fingerprint density at radius 1 is 1.09 bits per heavy atom. The van der Waals surface area contributed by atoms with Crippen LogP contribution in [0.3, 0.4) is 0 Å². The SMILES string of the molecule is CC(C)C[C@@H](NC(=O)OCC1c2ccccc2-c2ccccc21)C(=O)N1NC(=O)CC1C(=O)O. The average molecular weight is 466 g/mol. The molecule has 0 bridgehead atoms. The van der Waals surface area contributed by atoms with E-state index in [1.807, 2.05) is 62.4 Å².